The minimum absolute atomic E-state index is 0.217. The standard InChI is InChI=1S/C17H14O3/c18-10-16-9-14(16)4-2-11-1-3-13-8-15(17(19)20)6-5-12(13)7-11/h1,3,5-8,14,16,18H,9-10H2,(H,19,20)/t14?,16-/m1/s1. The summed E-state index contributed by atoms with van der Waals surface area (Å²) in [5, 5.41) is 19.8. The van der Waals surface area contributed by atoms with E-state index in [1.54, 1.807) is 18.2 Å². The Morgan fingerprint density at radius 1 is 1.20 bits per heavy atom. The van der Waals surface area contributed by atoms with Crippen molar-refractivity contribution in [2.24, 2.45) is 11.8 Å². The molecule has 0 aliphatic heterocycles. The summed E-state index contributed by atoms with van der Waals surface area (Å²) in [5.41, 5.74) is 1.21. The van der Waals surface area contributed by atoms with E-state index in [0.29, 0.717) is 17.4 Å². The predicted octanol–water partition coefficient (Wildman–Crippen LogP) is 2.52. The molecule has 0 amide bonds. The Labute approximate surface area is 116 Å². The second-order valence-corrected chi connectivity index (χ2v) is 5.14. The highest BCUT2D eigenvalue weighted by atomic mass is 16.4. The van der Waals surface area contributed by atoms with E-state index in [-0.39, 0.29) is 6.61 Å². The van der Waals surface area contributed by atoms with E-state index < -0.39 is 5.97 Å². The van der Waals surface area contributed by atoms with Gasteiger partial charge in [0.1, 0.15) is 0 Å². The van der Waals surface area contributed by atoms with Gasteiger partial charge in [-0.3, -0.25) is 0 Å². The SMILES string of the molecule is O=C(O)c1ccc2cc(C#CC3C[C@@H]3CO)ccc2c1. The molecule has 20 heavy (non-hydrogen) atoms. The van der Waals surface area contributed by atoms with Crippen molar-refractivity contribution < 1.29 is 15.0 Å². The highest BCUT2D eigenvalue weighted by Crippen LogP contribution is 2.37. The number of aromatic carboxylic acids is 1. The van der Waals surface area contributed by atoms with Crippen molar-refractivity contribution in [3.8, 4) is 11.8 Å². The van der Waals surface area contributed by atoms with Crippen LogP contribution in [-0.4, -0.2) is 22.8 Å². The molecule has 1 unspecified atom stereocenters. The number of fused-ring (bicyclic) bond motifs is 1. The van der Waals surface area contributed by atoms with E-state index in [9.17, 15) is 4.79 Å². The fourth-order valence-electron chi connectivity index (χ4n) is 2.26. The largest absolute Gasteiger partial charge is 0.478 e. The first kappa shape index (κ1) is 12.7. The smallest absolute Gasteiger partial charge is 0.335 e. The van der Waals surface area contributed by atoms with Crippen LogP contribution in [0, 0.1) is 23.7 Å². The number of benzene rings is 2. The van der Waals surface area contributed by atoms with Gasteiger partial charge in [-0.25, -0.2) is 4.79 Å². The minimum atomic E-state index is -0.917. The summed E-state index contributed by atoms with van der Waals surface area (Å²) in [4.78, 5) is 10.9. The second-order valence-electron chi connectivity index (χ2n) is 5.14. The molecule has 0 radical (unpaired) electrons. The maximum absolute atomic E-state index is 10.9. The molecular weight excluding hydrogens is 252 g/mol. The Hall–Kier alpha value is -2.31. The Morgan fingerprint density at radius 2 is 1.95 bits per heavy atom. The molecule has 2 atom stereocenters. The highest BCUT2D eigenvalue weighted by Gasteiger charge is 2.34. The second kappa shape index (κ2) is 4.99. The molecule has 1 saturated carbocycles. The van der Waals surface area contributed by atoms with Gasteiger partial charge in [0.25, 0.3) is 0 Å². The lowest BCUT2D eigenvalue weighted by Crippen LogP contribution is -1.95. The van der Waals surface area contributed by atoms with Crippen LogP contribution in [0.2, 0.25) is 0 Å². The third-order valence-corrected chi connectivity index (χ3v) is 3.65. The monoisotopic (exact) mass is 266 g/mol. The number of hydrogen-bond acceptors (Lipinski definition) is 2. The van der Waals surface area contributed by atoms with Crippen molar-refractivity contribution >= 4 is 16.7 Å². The van der Waals surface area contributed by atoms with Gasteiger partial charge in [0.2, 0.25) is 0 Å². The molecule has 3 nitrogen and oxygen atoms in total. The number of rotatable bonds is 2. The Bertz CT molecular complexity index is 737. The van der Waals surface area contributed by atoms with Crippen LogP contribution in [0.4, 0.5) is 0 Å². The van der Waals surface area contributed by atoms with Crippen molar-refractivity contribution in [1.29, 1.82) is 0 Å². The molecule has 1 fully saturated rings. The number of carboxylic acids is 1. The van der Waals surface area contributed by atoms with Crippen LogP contribution in [0.15, 0.2) is 36.4 Å². The van der Waals surface area contributed by atoms with Gasteiger partial charge in [0, 0.05) is 18.1 Å². The van der Waals surface area contributed by atoms with Crippen molar-refractivity contribution in [3.05, 3.63) is 47.5 Å². The number of carboxylic acid groups (broad SMARTS) is 1. The van der Waals surface area contributed by atoms with Crippen LogP contribution in [0.25, 0.3) is 10.8 Å². The van der Waals surface area contributed by atoms with Gasteiger partial charge in [-0.1, -0.05) is 24.0 Å². The zero-order chi connectivity index (χ0) is 14.1. The van der Waals surface area contributed by atoms with E-state index in [2.05, 4.69) is 11.8 Å². The van der Waals surface area contributed by atoms with Gasteiger partial charge in [0.15, 0.2) is 0 Å². The average molecular weight is 266 g/mol. The van der Waals surface area contributed by atoms with E-state index in [1.165, 1.54) is 0 Å². The Kier molecular flexibility index (Phi) is 3.17. The van der Waals surface area contributed by atoms with Crippen LogP contribution in [0.1, 0.15) is 22.3 Å². The molecule has 0 heterocycles. The van der Waals surface area contributed by atoms with Gasteiger partial charge in [-0.2, -0.15) is 0 Å². The number of aliphatic hydroxyl groups is 1. The minimum Gasteiger partial charge on any atom is -0.478 e. The Balaban J connectivity index is 1.88. The van der Waals surface area contributed by atoms with Crippen LogP contribution in [-0.2, 0) is 0 Å². The lowest BCUT2D eigenvalue weighted by Gasteiger charge is -2.00. The van der Waals surface area contributed by atoms with Crippen LogP contribution in [0.3, 0.4) is 0 Å². The van der Waals surface area contributed by atoms with Gasteiger partial charge in [0.05, 0.1) is 5.56 Å². The summed E-state index contributed by atoms with van der Waals surface area (Å²) >= 11 is 0. The molecular formula is C17H14O3. The van der Waals surface area contributed by atoms with Gasteiger partial charge >= 0.3 is 5.97 Å². The number of aliphatic hydroxyl groups excluding tert-OH is 1. The van der Waals surface area contributed by atoms with Gasteiger partial charge in [-0.15, -0.1) is 0 Å². The lowest BCUT2D eigenvalue weighted by molar-refractivity contribution is 0.0697. The molecule has 2 N–H and O–H groups in total. The maximum atomic E-state index is 10.9. The summed E-state index contributed by atoms with van der Waals surface area (Å²) in [7, 11) is 0. The highest BCUT2D eigenvalue weighted by molar-refractivity contribution is 5.94. The summed E-state index contributed by atoms with van der Waals surface area (Å²) < 4.78 is 0. The predicted molar refractivity (Wildman–Crippen MR) is 76.5 cm³/mol. The molecule has 3 rings (SSSR count). The zero-order valence-electron chi connectivity index (χ0n) is 10.8. The summed E-state index contributed by atoms with van der Waals surface area (Å²) in [5.74, 6) is 6.04. The fraction of sp³-hybridized carbons (Fsp3) is 0.235. The molecule has 1 aliphatic carbocycles. The normalized spacial score (nSPS) is 20.2. The third-order valence-electron chi connectivity index (χ3n) is 3.65. The van der Waals surface area contributed by atoms with Crippen molar-refractivity contribution in [3.63, 3.8) is 0 Å². The molecule has 100 valence electrons. The first-order valence-electron chi connectivity index (χ1n) is 6.57. The zero-order valence-corrected chi connectivity index (χ0v) is 10.8. The fourth-order valence-corrected chi connectivity index (χ4v) is 2.26. The van der Waals surface area contributed by atoms with Crippen molar-refractivity contribution in [1.82, 2.24) is 0 Å². The average Bonchev–Trinajstić information content (AvgIpc) is 3.23. The first-order chi connectivity index (χ1) is 9.67. The molecule has 3 heteroatoms. The third kappa shape index (κ3) is 2.52. The summed E-state index contributed by atoms with van der Waals surface area (Å²) in [6.07, 6.45) is 0.985. The van der Waals surface area contributed by atoms with Crippen LogP contribution < -0.4 is 0 Å². The van der Waals surface area contributed by atoms with Crippen molar-refractivity contribution in [2.75, 3.05) is 6.61 Å². The van der Waals surface area contributed by atoms with Crippen molar-refractivity contribution in [2.45, 2.75) is 6.42 Å². The van der Waals surface area contributed by atoms with E-state index >= 15 is 0 Å². The summed E-state index contributed by atoms with van der Waals surface area (Å²) in [6, 6.07) is 10.8. The quantitative estimate of drug-likeness (QED) is 0.821. The molecule has 2 aromatic carbocycles. The molecule has 0 saturated heterocycles. The molecule has 1 aliphatic rings. The number of hydrogen-bond donors (Lipinski definition) is 2. The maximum Gasteiger partial charge on any atom is 0.335 e. The van der Waals surface area contributed by atoms with E-state index in [4.69, 9.17) is 10.2 Å². The first-order valence-corrected chi connectivity index (χ1v) is 6.57. The molecule has 2 aromatic rings. The molecule has 0 bridgehead atoms. The van der Waals surface area contributed by atoms with Crippen LogP contribution in [0.5, 0.6) is 0 Å². The van der Waals surface area contributed by atoms with Gasteiger partial charge in [-0.05, 0) is 47.4 Å². The number of carbonyl (C=O) groups is 1. The Morgan fingerprint density at radius 3 is 2.65 bits per heavy atom. The van der Waals surface area contributed by atoms with Gasteiger partial charge < -0.3 is 10.2 Å². The molecule has 0 aromatic heterocycles. The topological polar surface area (TPSA) is 57.5 Å². The summed E-state index contributed by atoms with van der Waals surface area (Å²) in [6.45, 7) is 0.217. The molecule has 0 spiro atoms. The van der Waals surface area contributed by atoms with E-state index in [1.807, 2.05) is 18.2 Å². The van der Waals surface area contributed by atoms with Crippen LogP contribution >= 0.6 is 0 Å². The van der Waals surface area contributed by atoms with E-state index in [0.717, 1.165) is 22.8 Å². The lowest BCUT2D eigenvalue weighted by atomic mass is 10.0.